The van der Waals surface area contributed by atoms with Crippen molar-refractivity contribution in [1.29, 1.82) is 0 Å². The van der Waals surface area contributed by atoms with Crippen LogP contribution in [0.1, 0.15) is 18.2 Å². The van der Waals surface area contributed by atoms with E-state index in [2.05, 4.69) is 10.3 Å². The molecule has 1 aliphatic rings. The highest BCUT2D eigenvalue weighted by molar-refractivity contribution is 7.13. The first-order valence-corrected chi connectivity index (χ1v) is 8.62. The lowest BCUT2D eigenvalue weighted by atomic mass is 10.1. The van der Waals surface area contributed by atoms with Gasteiger partial charge in [0.15, 0.2) is 5.13 Å². The summed E-state index contributed by atoms with van der Waals surface area (Å²) < 4.78 is 0. The number of fused-ring (bicyclic) bond motifs is 1. The van der Waals surface area contributed by atoms with Crippen LogP contribution in [0.2, 0.25) is 0 Å². The molecule has 3 rings (SSSR count). The summed E-state index contributed by atoms with van der Waals surface area (Å²) in [5.41, 5.74) is 2.67. The lowest BCUT2D eigenvalue weighted by Crippen LogP contribution is -2.47. The van der Waals surface area contributed by atoms with Crippen LogP contribution < -0.4 is 15.1 Å². The number of carbonyl (C=O) groups is 2. The van der Waals surface area contributed by atoms with Gasteiger partial charge in [-0.05, 0) is 11.6 Å². The van der Waals surface area contributed by atoms with Gasteiger partial charge in [0.05, 0.1) is 12.2 Å². The predicted octanol–water partition coefficient (Wildman–Crippen LogP) is 1.80. The lowest BCUT2D eigenvalue weighted by Gasteiger charge is -2.23. The van der Waals surface area contributed by atoms with Crippen molar-refractivity contribution < 1.29 is 9.59 Å². The van der Waals surface area contributed by atoms with Crippen LogP contribution in [0.5, 0.6) is 0 Å². The number of thiazole rings is 1. The van der Waals surface area contributed by atoms with E-state index in [1.807, 2.05) is 48.6 Å². The topological polar surface area (TPSA) is 65.5 Å². The molecule has 126 valence electrons. The molecule has 0 unspecified atom stereocenters. The lowest BCUT2D eigenvalue weighted by molar-refractivity contribution is -0.125. The summed E-state index contributed by atoms with van der Waals surface area (Å²) >= 11 is 1.54. The zero-order chi connectivity index (χ0) is 17.3. The smallest absolute Gasteiger partial charge is 0.243 e. The van der Waals surface area contributed by atoms with Gasteiger partial charge in [-0.25, -0.2) is 4.98 Å². The van der Waals surface area contributed by atoms with Gasteiger partial charge in [0.25, 0.3) is 0 Å². The predicted molar refractivity (Wildman–Crippen MR) is 95.4 cm³/mol. The van der Waals surface area contributed by atoms with Gasteiger partial charge in [0.2, 0.25) is 11.8 Å². The fourth-order valence-electron chi connectivity index (χ4n) is 2.86. The molecule has 2 aromatic rings. The molecule has 0 fully saturated rings. The van der Waals surface area contributed by atoms with E-state index in [-0.39, 0.29) is 11.8 Å². The summed E-state index contributed by atoms with van der Waals surface area (Å²) in [4.78, 5) is 32.6. The molecule has 0 spiro atoms. The Morgan fingerprint density at radius 3 is 2.79 bits per heavy atom. The number of benzene rings is 1. The number of carbonyl (C=O) groups excluding carboxylic acids is 2. The van der Waals surface area contributed by atoms with E-state index in [9.17, 15) is 9.59 Å². The molecule has 2 heterocycles. The molecule has 1 atom stereocenters. The average Bonchev–Trinajstić information content (AvgIpc) is 3.17. The minimum atomic E-state index is -0.494. The fourth-order valence-corrected chi connectivity index (χ4v) is 3.62. The van der Waals surface area contributed by atoms with Gasteiger partial charge in [0, 0.05) is 38.5 Å². The Morgan fingerprint density at radius 2 is 2.12 bits per heavy atom. The monoisotopic (exact) mass is 344 g/mol. The van der Waals surface area contributed by atoms with Crippen molar-refractivity contribution in [3.05, 3.63) is 40.9 Å². The van der Waals surface area contributed by atoms with Crippen LogP contribution in [0.4, 0.5) is 10.8 Å². The van der Waals surface area contributed by atoms with Crippen LogP contribution in [0.3, 0.4) is 0 Å². The summed E-state index contributed by atoms with van der Waals surface area (Å²) in [6.07, 6.45) is 0.543. The van der Waals surface area contributed by atoms with Crippen molar-refractivity contribution >= 4 is 34.0 Å². The second-order valence-electron chi connectivity index (χ2n) is 5.97. The largest absolute Gasteiger partial charge is 0.354 e. The second-order valence-corrected chi connectivity index (χ2v) is 6.81. The SMILES string of the molecule is CC(=O)N1c2ccccc2C[C@H]1C(=O)NCc1csc(N(C)C)n1. The summed E-state index contributed by atoms with van der Waals surface area (Å²) in [6, 6.07) is 7.16. The van der Waals surface area contributed by atoms with Gasteiger partial charge < -0.3 is 10.2 Å². The molecule has 1 aromatic heterocycles. The van der Waals surface area contributed by atoms with Crippen LogP contribution in [0, 0.1) is 0 Å². The molecule has 0 radical (unpaired) electrons. The normalized spacial score (nSPS) is 16.0. The molecular weight excluding hydrogens is 324 g/mol. The maximum absolute atomic E-state index is 12.6. The van der Waals surface area contributed by atoms with Gasteiger partial charge in [-0.1, -0.05) is 18.2 Å². The van der Waals surface area contributed by atoms with E-state index < -0.39 is 6.04 Å². The Kier molecular flexibility index (Phi) is 4.53. The molecule has 0 saturated carbocycles. The summed E-state index contributed by atoms with van der Waals surface area (Å²) in [5, 5.41) is 5.74. The van der Waals surface area contributed by atoms with Crippen LogP contribution in [0.15, 0.2) is 29.6 Å². The molecule has 24 heavy (non-hydrogen) atoms. The number of anilines is 2. The summed E-state index contributed by atoms with van der Waals surface area (Å²) in [7, 11) is 3.86. The molecule has 1 N–H and O–H groups in total. The first-order chi connectivity index (χ1) is 11.5. The Morgan fingerprint density at radius 1 is 1.38 bits per heavy atom. The summed E-state index contributed by atoms with van der Waals surface area (Å²) in [5.74, 6) is -0.274. The Hall–Kier alpha value is -2.41. The highest BCUT2D eigenvalue weighted by Crippen LogP contribution is 2.32. The number of hydrogen-bond acceptors (Lipinski definition) is 5. The zero-order valence-corrected chi connectivity index (χ0v) is 14.8. The minimum Gasteiger partial charge on any atom is -0.354 e. The maximum atomic E-state index is 12.6. The fraction of sp³-hybridized carbons (Fsp3) is 0.353. The first kappa shape index (κ1) is 16.4. The average molecular weight is 344 g/mol. The van der Waals surface area contributed by atoms with Crippen molar-refractivity contribution in [2.24, 2.45) is 0 Å². The number of hydrogen-bond donors (Lipinski definition) is 1. The summed E-state index contributed by atoms with van der Waals surface area (Å²) in [6.45, 7) is 1.86. The van der Waals surface area contributed by atoms with Crippen molar-refractivity contribution in [3.8, 4) is 0 Å². The van der Waals surface area contributed by atoms with Crippen LogP contribution in [0.25, 0.3) is 0 Å². The Bertz CT molecular complexity index is 771. The standard InChI is InChI=1S/C17H20N4O2S/c1-11(22)21-14-7-5-4-6-12(14)8-15(21)16(23)18-9-13-10-24-17(19-13)20(2)3/h4-7,10,15H,8-9H2,1-3H3,(H,18,23)/t15-/m0/s1. The molecule has 2 amide bonds. The van der Waals surface area contributed by atoms with E-state index in [1.54, 1.807) is 4.90 Å². The van der Waals surface area contributed by atoms with Gasteiger partial charge in [-0.2, -0.15) is 0 Å². The first-order valence-electron chi connectivity index (χ1n) is 7.74. The van der Waals surface area contributed by atoms with E-state index in [0.29, 0.717) is 13.0 Å². The third-order valence-corrected chi connectivity index (χ3v) is 5.04. The molecule has 0 bridgehead atoms. The van der Waals surface area contributed by atoms with Gasteiger partial charge in [-0.15, -0.1) is 11.3 Å². The van der Waals surface area contributed by atoms with E-state index in [1.165, 1.54) is 18.3 Å². The second kappa shape index (κ2) is 6.60. The van der Waals surface area contributed by atoms with Gasteiger partial charge in [-0.3, -0.25) is 14.5 Å². The highest BCUT2D eigenvalue weighted by atomic mass is 32.1. The number of nitrogens with one attached hydrogen (secondary N) is 1. The molecule has 1 aromatic carbocycles. The molecular formula is C17H20N4O2S. The van der Waals surface area contributed by atoms with Gasteiger partial charge in [0.1, 0.15) is 6.04 Å². The van der Waals surface area contributed by atoms with Crippen molar-refractivity contribution in [2.45, 2.75) is 25.9 Å². The molecule has 1 aliphatic heterocycles. The van der Waals surface area contributed by atoms with Crippen molar-refractivity contribution in [2.75, 3.05) is 23.9 Å². The number of rotatable bonds is 4. The number of amides is 2. The van der Waals surface area contributed by atoms with Crippen LogP contribution in [-0.2, 0) is 22.6 Å². The van der Waals surface area contributed by atoms with E-state index in [0.717, 1.165) is 22.1 Å². The van der Waals surface area contributed by atoms with Crippen molar-refractivity contribution in [1.82, 2.24) is 10.3 Å². The highest BCUT2D eigenvalue weighted by Gasteiger charge is 2.36. The molecule has 6 nitrogen and oxygen atoms in total. The zero-order valence-electron chi connectivity index (χ0n) is 13.9. The Labute approximate surface area is 145 Å². The van der Waals surface area contributed by atoms with Gasteiger partial charge >= 0.3 is 0 Å². The molecule has 0 saturated heterocycles. The number of nitrogens with zero attached hydrogens (tertiary/aromatic N) is 3. The van der Waals surface area contributed by atoms with E-state index >= 15 is 0 Å². The van der Waals surface area contributed by atoms with Crippen molar-refractivity contribution in [3.63, 3.8) is 0 Å². The third kappa shape index (κ3) is 3.12. The molecule has 0 aliphatic carbocycles. The maximum Gasteiger partial charge on any atom is 0.243 e. The quantitative estimate of drug-likeness (QED) is 0.919. The molecule has 7 heteroatoms. The van der Waals surface area contributed by atoms with Crippen LogP contribution >= 0.6 is 11.3 Å². The third-order valence-electron chi connectivity index (χ3n) is 3.98. The van der Waals surface area contributed by atoms with E-state index in [4.69, 9.17) is 0 Å². The van der Waals surface area contributed by atoms with Crippen LogP contribution in [-0.4, -0.2) is 36.9 Å². The minimum absolute atomic E-state index is 0.122. The number of aromatic nitrogens is 1. The number of para-hydroxylation sites is 1. The Balaban J connectivity index is 1.69.